The van der Waals surface area contributed by atoms with Gasteiger partial charge in [-0.25, -0.2) is 8.42 Å². The largest absolute Gasteiger partial charge is 0.246 e. The second-order valence-corrected chi connectivity index (χ2v) is 6.23. The van der Waals surface area contributed by atoms with Gasteiger partial charge in [0.15, 0.2) is 0 Å². The minimum absolute atomic E-state index is 0.175. The first-order valence-electron chi connectivity index (χ1n) is 5.15. The summed E-state index contributed by atoms with van der Waals surface area (Å²) >= 11 is 0. The van der Waals surface area contributed by atoms with Crippen molar-refractivity contribution in [1.29, 1.82) is 0 Å². The van der Waals surface area contributed by atoms with Crippen LogP contribution in [0.25, 0.3) is 0 Å². The first kappa shape index (κ1) is 13.4. The lowest BCUT2D eigenvalue weighted by Crippen LogP contribution is -1.99. The molecule has 0 bridgehead atoms. The van der Waals surface area contributed by atoms with Gasteiger partial charge in [-0.2, -0.15) is 0 Å². The molecule has 0 aliphatic rings. The third-order valence-electron chi connectivity index (χ3n) is 1.74. The molecule has 0 spiro atoms. The van der Waals surface area contributed by atoms with Crippen molar-refractivity contribution in [3.63, 3.8) is 0 Å². The second kappa shape index (κ2) is 5.08. The van der Waals surface area contributed by atoms with Gasteiger partial charge in [-0.15, -0.1) is 0 Å². The summed E-state index contributed by atoms with van der Waals surface area (Å²) in [5.74, 6) is 7.80. The van der Waals surface area contributed by atoms with Crippen LogP contribution in [0.15, 0.2) is 35.2 Å². The standard InChI is InChI=1S/C14H14O2S/c1-14(2,3)11-7-8-12-17(15,16)13-9-5-4-6-10-13/h4-6,9-10H,1-3H3. The van der Waals surface area contributed by atoms with Crippen LogP contribution in [0, 0.1) is 28.4 Å². The maximum absolute atomic E-state index is 11.7. The van der Waals surface area contributed by atoms with Crippen LogP contribution >= 0.6 is 0 Å². The molecule has 0 fully saturated rings. The smallest absolute Gasteiger partial charge is 0.210 e. The summed E-state index contributed by atoms with van der Waals surface area (Å²) in [4.78, 5) is 0.199. The van der Waals surface area contributed by atoms with Crippen molar-refractivity contribution in [2.45, 2.75) is 25.7 Å². The molecular weight excluding hydrogens is 232 g/mol. The third kappa shape index (κ3) is 4.76. The van der Waals surface area contributed by atoms with Crippen LogP contribution in [0.5, 0.6) is 0 Å². The van der Waals surface area contributed by atoms with Gasteiger partial charge in [0, 0.05) is 16.6 Å². The molecule has 3 heteroatoms. The number of rotatable bonds is 1. The third-order valence-corrected chi connectivity index (χ3v) is 3.00. The maximum atomic E-state index is 11.7. The van der Waals surface area contributed by atoms with E-state index in [1.54, 1.807) is 18.2 Å². The molecular formula is C14H14O2S. The van der Waals surface area contributed by atoms with Gasteiger partial charge in [-0.1, -0.05) is 24.1 Å². The molecule has 0 aliphatic heterocycles. The fourth-order valence-electron chi connectivity index (χ4n) is 0.970. The van der Waals surface area contributed by atoms with E-state index in [-0.39, 0.29) is 10.3 Å². The van der Waals surface area contributed by atoms with Crippen LogP contribution in [0.1, 0.15) is 20.8 Å². The molecule has 88 valence electrons. The topological polar surface area (TPSA) is 34.1 Å². The predicted molar refractivity (Wildman–Crippen MR) is 68.6 cm³/mol. The molecule has 0 saturated carbocycles. The zero-order valence-electron chi connectivity index (χ0n) is 10.1. The predicted octanol–water partition coefficient (Wildman–Crippen LogP) is 2.47. The Labute approximate surface area is 103 Å². The summed E-state index contributed by atoms with van der Waals surface area (Å²) < 4.78 is 23.4. The minimum Gasteiger partial charge on any atom is -0.210 e. The van der Waals surface area contributed by atoms with Crippen LogP contribution in [-0.2, 0) is 9.84 Å². The second-order valence-electron chi connectivity index (χ2n) is 4.54. The van der Waals surface area contributed by atoms with E-state index in [2.05, 4.69) is 23.0 Å². The van der Waals surface area contributed by atoms with Gasteiger partial charge in [-0.05, 0) is 38.8 Å². The molecule has 0 saturated heterocycles. The Morgan fingerprint density at radius 1 is 1.00 bits per heavy atom. The van der Waals surface area contributed by atoms with Crippen LogP contribution in [0.2, 0.25) is 0 Å². The fraction of sp³-hybridized carbons (Fsp3) is 0.286. The monoisotopic (exact) mass is 246 g/mol. The normalized spacial score (nSPS) is 10.8. The number of benzene rings is 1. The molecule has 0 atom stereocenters. The lowest BCUT2D eigenvalue weighted by Gasteiger charge is -2.05. The van der Waals surface area contributed by atoms with Crippen LogP contribution < -0.4 is 0 Å². The molecule has 1 rings (SSSR count). The number of hydrogen-bond acceptors (Lipinski definition) is 2. The molecule has 0 heterocycles. The van der Waals surface area contributed by atoms with Gasteiger partial charge in [0.2, 0.25) is 9.84 Å². The lowest BCUT2D eigenvalue weighted by molar-refractivity contribution is 0.571. The molecule has 0 unspecified atom stereocenters. The average Bonchev–Trinajstić information content (AvgIpc) is 2.25. The summed E-state index contributed by atoms with van der Waals surface area (Å²) in [5.41, 5.74) is -0.175. The summed E-state index contributed by atoms with van der Waals surface area (Å²) in [6.45, 7) is 5.81. The number of hydrogen-bond donors (Lipinski definition) is 0. The van der Waals surface area contributed by atoms with Crippen LogP contribution in [-0.4, -0.2) is 8.42 Å². The van der Waals surface area contributed by atoms with E-state index in [0.29, 0.717) is 0 Å². The Hall–Kier alpha value is -1.71. The summed E-state index contributed by atoms with van der Waals surface area (Å²) in [5, 5.41) is 2.20. The van der Waals surface area contributed by atoms with Gasteiger partial charge in [0.05, 0.1) is 4.90 Å². The fourth-order valence-corrected chi connectivity index (χ4v) is 1.79. The average molecular weight is 246 g/mol. The van der Waals surface area contributed by atoms with E-state index >= 15 is 0 Å². The van der Waals surface area contributed by atoms with Crippen LogP contribution in [0.4, 0.5) is 0 Å². The van der Waals surface area contributed by atoms with Crippen molar-refractivity contribution in [3.8, 4) is 23.0 Å². The van der Waals surface area contributed by atoms with E-state index in [1.165, 1.54) is 12.1 Å². The molecule has 1 aromatic rings. The van der Waals surface area contributed by atoms with Gasteiger partial charge in [0.1, 0.15) is 0 Å². The Morgan fingerprint density at radius 3 is 2.12 bits per heavy atom. The number of sulfone groups is 1. The van der Waals surface area contributed by atoms with E-state index in [4.69, 9.17) is 0 Å². The summed E-state index contributed by atoms with van der Waals surface area (Å²) in [7, 11) is -3.54. The van der Waals surface area contributed by atoms with Crippen molar-refractivity contribution in [2.24, 2.45) is 5.41 Å². The van der Waals surface area contributed by atoms with Gasteiger partial charge >= 0.3 is 0 Å². The highest BCUT2D eigenvalue weighted by Gasteiger charge is 2.08. The molecule has 17 heavy (non-hydrogen) atoms. The first-order chi connectivity index (χ1) is 7.81. The van der Waals surface area contributed by atoms with E-state index < -0.39 is 9.84 Å². The summed E-state index contributed by atoms with van der Waals surface area (Å²) in [6.07, 6.45) is 0. The van der Waals surface area contributed by atoms with E-state index in [9.17, 15) is 8.42 Å². The minimum atomic E-state index is -3.54. The molecule has 0 N–H and O–H groups in total. The SMILES string of the molecule is CC(C)(C)C#CC#CS(=O)(=O)c1ccccc1. The van der Waals surface area contributed by atoms with E-state index in [0.717, 1.165) is 0 Å². The molecule has 0 aliphatic carbocycles. The van der Waals surface area contributed by atoms with Gasteiger partial charge < -0.3 is 0 Å². The quantitative estimate of drug-likeness (QED) is 0.563. The van der Waals surface area contributed by atoms with Crippen molar-refractivity contribution in [2.75, 3.05) is 0 Å². The highest BCUT2D eigenvalue weighted by atomic mass is 32.2. The molecule has 0 amide bonds. The van der Waals surface area contributed by atoms with Crippen molar-refractivity contribution < 1.29 is 8.42 Å². The molecule has 1 aromatic carbocycles. The molecule has 2 nitrogen and oxygen atoms in total. The zero-order valence-corrected chi connectivity index (χ0v) is 10.9. The Morgan fingerprint density at radius 2 is 1.59 bits per heavy atom. The van der Waals surface area contributed by atoms with Gasteiger partial charge in [-0.3, -0.25) is 0 Å². The van der Waals surface area contributed by atoms with Crippen molar-refractivity contribution >= 4 is 9.84 Å². The van der Waals surface area contributed by atoms with E-state index in [1.807, 2.05) is 20.8 Å². The Balaban J connectivity index is 2.97. The molecule has 0 radical (unpaired) electrons. The summed E-state index contributed by atoms with van der Waals surface area (Å²) in [6, 6.07) is 8.11. The lowest BCUT2D eigenvalue weighted by atomic mass is 9.98. The Kier molecular flexibility index (Phi) is 3.99. The van der Waals surface area contributed by atoms with Gasteiger partial charge in [0.25, 0.3) is 0 Å². The maximum Gasteiger partial charge on any atom is 0.246 e. The van der Waals surface area contributed by atoms with Crippen LogP contribution in [0.3, 0.4) is 0 Å². The Bertz CT molecular complexity index is 597. The highest BCUT2D eigenvalue weighted by Crippen LogP contribution is 2.10. The van der Waals surface area contributed by atoms with Crippen molar-refractivity contribution in [1.82, 2.24) is 0 Å². The van der Waals surface area contributed by atoms with Crippen molar-refractivity contribution in [3.05, 3.63) is 30.3 Å². The molecule has 0 aromatic heterocycles. The first-order valence-corrected chi connectivity index (χ1v) is 6.64. The highest BCUT2D eigenvalue weighted by molar-refractivity contribution is 7.96. The zero-order chi connectivity index (χ0) is 12.9.